The van der Waals surface area contributed by atoms with Crippen LogP contribution in [0.2, 0.25) is 5.28 Å². The molecule has 3 heterocycles. The van der Waals surface area contributed by atoms with E-state index in [1.54, 1.807) is 29.8 Å². The minimum Gasteiger partial charge on any atom is -0.508 e. The first-order valence-corrected chi connectivity index (χ1v) is 8.98. The molecule has 3 aromatic heterocycles. The molecule has 8 heteroatoms. The largest absolute Gasteiger partial charge is 0.508 e. The Morgan fingerprint density at radius 2 is 2.00 bits per heavy atom. The second-order valence-corrected chi connectivity index (χ2v) is 6.57. The molecule has 6 nitrogen and oxygen atoms in total. The van der Waals surface area contributed by atoms with Crippen molar-refractivity contribution in [3.8, 4) is 11.4 Å². The van der Waals surface area contributed by atoms with Crippen molar-refractivity contribution in [3.05, 3.63) is 58.3 Å². The van der Waals surface area contributed by atoms with E-state index in [1.165, 1.54) is 0 Å². The number of aromatic nitrogens is 4. The highest BCUT2D eigenvalue weighted by atomic mass is 35.5. The molecule has 2 N–H and O–H groups in total. The van der Waals surface area contributed by atoms with Crippen molar-refractivity contribution in [3.63, 3.8) is 0 Å². The maximum atomic E-state index is 9.33. The predicted octanol–water partition coefficient (Wildman–Crippen LogP) is 3.89. The normalized spacial score (nSPS) is 11.1. The Morgan fingerprint density at radius 1 is 1.16 bits per heavy atom. The number of phenolic OH excluding ortho intramolecular Hbond substituents is 1. The number of halogens is 1. The van der Waals surface area contributed by atoms with Crippen LogP contribution in [0.4, 0.5) is 5.82 Å². The van der Waals surface area contributed by atoms with E-state index in [-0.39, 0.29) is 11.0 Å². The lowest BCUT2D eigenvalue weighted by atomic mass is 10.1. The first-order valence-electron chi connectivity index (χ1n) is 7.65. The molecule has 0 radical (unpaired) electrons. The lowest BCUT2D eigenvalue weighted by molar-refractivity contribution is 0.475. The third-order valence-electron chi connectivity index (χ3n) is 3.80. The number of rotatable bonds is 5. The monoisotopic (exact) mass is 371 g/mol. The number of benzene rings is 1. The number of nitrogens with one attached hydrogen (secondary N) is 1. The average molecular weight is 372 g/mol. The summed E-state index contributed by atoms with van der Waals surface area (Å²) in [6, 6.07) is 9.14. The van der Waals surface area contributed by atoms with Gasteiger partial charge in [-0.1, -0.05) is 12.1 Å². The van der Waals surface area contributed by atoms with Gasteiger partial charge >= 0.3 is 0 Å². The SMILES string of the molecule is Oc1ccc(CCNc2nc(Cl)nc3c2ncn3-c2ccsc2)cc1. The van der Waals surface area contributed by atoms with Gasteiger partial charge in [-0.25, -0.2) is 4.98 Å². The van der Waals surface area contributed by atoms with Gasteiger partial charge in [0.05, 0.1) is 5.69 Å². The second-order valence-electron chi connectivity index (χ2n) is 5.45. The Labute approximate surface area is 152 Å². The highest BCUT2D eigenvalue weighted by molar-refractivity contribution is 7.08. The summed E-state index contributed by atoms with van der Waals surface area (Å²) in [5.41, 5.74) is 3.47. The minimum absolute atomic E-state index is 0.177. The molecule has 0 saturated carbocycles. The van der Waals surface area contributed by atoms with E-state index in [0.29, 0.717) is 23.5 Å². The zero-order valence-corrected chi connectivity index (χ0v) is 14.6. The molecule has 1 aromatic carbocycles. The van der Waals surface area contributed by atoms with Crippen LogP contribution in [0, 0.1) is 0 Å². The summed E-state index contributed by atoms with van der Waals surface area (Å²) < 4.78 is 1.89. The Hall–Kier alpha value is -2.64. The van der Waals surface area contributed by atoms with Crippen LogP contribution >= 0.6 is 22.9 Å². The quantitative estimate of drug-likeness (QED) is 0.520. The van der Waals surface area contributed by atoms with Gasteiger partial charge in [-0.3, -0.25) is 4.57 Å². The summed E-state index contributed by atoms with van der Waals surface area (Å²) in [6.45, 7) is 0.665. The first kappa shape index (κ1) is 15.9. The molecule has 0 atom stereocenters. The lowest BCUT2D eigenvalue weighted by Crippen LogP contribution is -2.08. The number of thiophene rings is 1. The number of hydrogen-bond acceptors (Lipinski definition) is 6. The summed E-state index contributed by atoms with van der Waals surface area (Å²) in [6.07, 6.45) is 2.51. The molecular formula is C17H14ClN5OS. The summed E-state index contributed by atoms with van der Waals surface area (Å²) in [7, 11) is 0. The van der Waals surface area contributed by atoms with Gasteiger partial charge in [-0.05, 0) is 47.2 Å². The number of anilines is 1. The maximum absolute atomic E-state index is 9.33. The fourth-order valence-corrected chi connectivity index (χ4v) is 3.36. The third kappa shape index (κ3) is 3.29. The fraction of sp³-hybridized carbons (Fsp3) is 0.118. The second kappa shape index (κ2) is 6.70. The van der Waals surface area contributed by atoms with Crippen LogP contribution < -0.4 is 5.32 Å². The molecule has 4 aromatic rings. The van der Waals surface area contributed by atoms with Crippen LogP contribution in [0.3, 0.4) is 0 Å². The summed E-state index contributed by atoms with van der Waals surface area (Å²) in [5, 5.41) is 16.8. The summed E-state index contributed by atoms with van der Waals surface area (Å²) in [4.78, 5) is 13.0. The topological polar surface area (TPSA) is 75.9 Å². The Kier molecular flexibility index (Phi) is 4.25. The zero-order chi connectivity index (χ0) is 17.2. The highest BCUT2D eigenvalue weighted by Gasteiger charge is 2.13. The summed E-state index contributed by atoms with van der Waals surface area (Å²) >= 11 is 7.71. The van der Waals surface area contributed by atoms with Crippen molar-refractivity contribution in [2.24, 2.45) is 0 Å². The zero-order valence-electron chi connectivity index (χ0n) is 13.1. The van der Waals surface area contributed by atoms with Crippen molar-refractivity contribution in [1.29, 1.82) is 0 Å². The molecule has 25 heavy (non-hydrogen) atoms. The van der Waals surface area contributed by atoms with E-state index < -0.39 is 0 Å². The van der Waals surface area contributed by atoms with Gasteiger partial charge < -0.3 is 10.4 Å². The van der Waals surface area contributed by atoms with Gasteiger partial charge in [0.1, 0.15) is 12.1 Å². The molecule has 0 unspecified atom stereocenters. The van der Waals surface area contributed by atoms with Crippen LogP contribution in [0.25, 0.3) is 16.9 Å². The van der Waals surface area contributed by atoms with E-state index >= 15 is 0 Å². The standard InChI is InChI=1S/C17H14ClN5OS/c18-17-21-15(19-7-5-11-1-3-13(24)4-2-11)14-16(22-17)23(10-20-14)12-6-8-25-9-12/h1-4,6,8-10,24H,5,7H2,(H,19,21,22). The van der Waals surface area contributed by atoms with E-state index in [4.69, 9.17) is 11.6 Å². The molecule has 4 rings (SSSR count). The van der Waals surface area contributed by atoms with Crippen LogP contribution in [-0.4, -0.2) is 31.2 Å². The number of hydrogen-bond donors (Lipinski definition) is 2. The molecule has 0 bridgehead atoms. The number of phenols is 1. The first-order chi connectivity index (χ1) is 12.2. The van der Waals surface area contributed by atoms with E-state index in [9.17, 15) is 5.11 Å². The van der Waals surface area contributed by atoms with E-state index in [0.717, 1.165) is 17.7 Å². The van der Waals surface area contributed by atoms with E-state index in [1.807, 2.05) is 33.5 Å². The highest BCUT2D eigenvalue weighted by Crippen LogP contribution is 2.24. The average Bonchev–Trinajstić information content (AvgIpc) is 3.25. The molecule has 126 valence electrons. The van der Waals surface area contributed by atoms with Crippen molar-refractivity contribution in [2.45, 2.75) is 6.42 Å². The Balaban J connectivity index is 1.58. The van der Waals surface area contributed by atoms with Gasteiger partial charge in [-0.15, -0.1) is 0 Å². The van der Waals surface area contributed by atoms with Gasteiger partial charge in [0, 0.05) is 11.9 Å². The van der Waals surface area contributed by atoms with Gasteiger partial charge in [0.15, 0.2) is 17.0 Å². The number of imidazole rings is 1. The molecule has 0 amide bonds. The lowest BCUT2D eigenvalue weighted by Gasteiger charge is -2.07. The van der Waals surface area contributed by atoms with Crippen molar-refractivity contribution >= 4 is 39.9 Å². The molecule has 0 spiro atoms. The van der Waals surface area contributed by atoms with Gasteiger partial charge in [0.2, 0.25) is 5.28 Å². The molecule has 0 aliphatic rings. The van der Waals surface area contributed by atoms with Crippen LogP contribution in [0.5, 0.6) is 5.75 Å². The number of aromatic hydroxyl groups is 1. The smallest absolute Gasteiger partial charge is 0.226 e. The number of fused-ring (bicyclic) bond motifs is 1. The third-order valence-corrected chi connectivity index (χ3v) is 4.64. The van der Waals surface area contributed by atoms with Crippen LogP contribution in [-0.2, 0) is 6.42 Å². The minimum atomic E-state index is 0.177. The fourth-order valence-electron chi connectivity index (χ4n) is 2.57. The molecule has 0 saturated heterocycles. The van der Waals surface area contributed by atoms with Gasteiger partial charge in [0.25, 0.3) is 0 Å². The Bertz CT molecular complexity index is 998. The molecule has 0 fully saturated rings. The Morgan fingerprint density at radius 3 is 2.76 bits per heavy atom. The van der Waals surface area contributed by atoms with Crippen LogP contribution in [0.1, 0.15) is 5.56 Å². The summed E-state index contributed by atoms with van der Waals surface area (Å²) in [5.74, 6) is 0.878. The van der Waals surface area contributed by atoms with Crippen molar-refractivity contribution in [2.75, 3.05) is 11.9 Å². The predicted molar refractivity (Wildman–Crippen MR) is 99.8 cm³/mol. The van der Waals surface area contributed by atoms with E-state index in [2.05, 4.69) is 20.3 Å². The van der Waals surface area contributed by atoms with Gasteiger partial charge in [-0.2, -0.15) is 21.3 Å². The number of nitrogens with zero attached hydrogens (tertiary/aromatic N) is 4. The van der Waals surface area contributed by atoms with Crippen molar-refractivity contribution in [1.82, 2.24) is 19.5 Å². The van der Waals surface area contributed by atoms with Crippen molar-refractivity contribution < 1.29 is 5.11 Å². The molecule has 0 aliphatic carbocycles. The molecular weight excluding hydrogens is 358 g/mol. The van der Waals surface area contributed by atoms with Crippen LogP contribution in [0.15, 0.2) is 47.4 Å². The molecule has 0 aliphatic heterocycles. The maximum Gasteiger partial charge on any atom is 0.226 e.